The Labute approximate surface area is 219 Å². The second kappa shape index (κ2) is 7.81. The van der Waals surface area contributed by atoms with E-state index in [0.29, 0.717) is 21.9 Å². The molecule has 0 saturated carbocycles. The molecule has 0 N–H and O–H groups in total. The maximum absolute atomic E-state index is 8.42. The molecular formula is C36H22O. The Balaban J connectivity index is 1.43. The molecule has 1 heterocycles. The summed E-state index contributed by atoms with van der Waals surface area (Å²) in [6.45, 7) is 0. The Bertz CT molecular complexity index is 2300. The van der Waals surface area contributed by atoms with E-state index in [4.69, 9.17) is 9.90 Å². The fourth-order valence-corrected chi connectivity index (χ4v) is 5.74. The van der Waals surface area contributed by atoms with E-state index in [0.717, 1.165) is 32.7 Å². The standard InChI is InChI=1S/C36H22O/c1-2-10-23(11-3-1)35-28-14-6-8-16-30(28)36(31-17-9-7-15-29(31)35)26-18-19-27-32-20-24-12-4-5-13-25(24)21-34(32)37-33(27)22-26/h1-22H/i4D,5D,12D,13D. The van der Waals surface area contributed by atoms with Crippen LogP contribution in [0.2, 0.25) is 0 Å². The molecule has 0 bridgehead atoms. The highest BCUT2D eigenvalue weighted by Gasteiger charge is 2.17. The lowest BCUT2D eigenvalue weighted by atomic mass is 9.86. The van der Waals surface area contributed by atoms with Crippen molar-refractivity contribution in [1.29, 1.82) is 0 Å². The first-order chi connectivity index (χ1) is 20.0. The monoisotopic (exact) mass is 474 g/mol. The van der Waals surface area contributed by atoms with E-state index in [1.807, 2.05) is 12.1 Å². The number of rotatable bonds is 2. The molecular weight excluding hydrogens is 448 g/mol. The normalized spacial score (nSPS) is 13.3. The van der Waals surface area contributed by atoms with Crippen LogP contribution >= 0.6 is 0 Å². The van der Waals surface area contributed by atoms with Crippen molar-refractivity contribution in [1.82, 2.24) is 0 Å². The molecule has 7 aromatic carbocycles. The summed E-state index contributed by atoms with van der Waals surface area (Å²) < 4.78 is 39.3. The number of furan rings is 1. The zero-order chi connectivity index (χ0) is 27.8. The van der Waals surface area contributed by atoms with Gasteiger partial charge in [0.25, 0.3) is 0 Å². The first-order valence-electron chi connectivity index (χ1n) is 14.4. The summed E-state index contributed by atoms with van der Waals surface area (Å²) in [6, 6.07) is 36.9. The maximum atomic E-state index is 8.42. The molecule has 1 nitrogen and oxygen atoms in total. The third kappa shape index (κ3) is 3.04. The van der Waals surface area contributed by atoms with Crippen LogP contribution in [0.4, 0.5) is 0 Å². The van der Waals surface area contributed by atoms with Gasteiger partial charge < -0.3 is 4.42 Å². The van der Waals surface area contributed by atoms with E-state index in [1.165, 1.54) is 21.9 Å². The van der Waals surface area contributed by atoms with Crippen LogP contribution in [-0.2, 0) is 0 Å². The van der Waals surface area contributed by atoms with Gasteiger partial charge in [-0.25, -0.2) is 0 Å². The van der Waals surface area contributed by atoms with Crippen LogP contribution in [0.5, 0.6) is 0 Å². The van der Waals surface area contributed by atoms with Crippen molar-refractivity contribution in [2.75, 3.05) is 0 Å². The predicted molar refractivity (Wildman–Crippen MR) is 157 cm³/mol. The highest BCUT2D eigenvalue weighted by atomic mass is 16.3. The zero-order valence-electron chi connectivity index (χ0n) is 23.8. The largest absolute Gasteiger partial charge is 0.456 e. The van der Waals surface area contributed by atoms with Gasteiger partial charge in [-0.15, -0.1) is 0 Å². The van der Waals surface area contributed by atoms with Crippen molar-refractivity contribution >= 4 is 54.3 Å². The molecule has 37 heavy (non-hydrogen) atoms. The molecule has 0 aliphatic carbocycles. The Hall–Kier alpha value is -4.88. The van der Waals surface area contributed by atoms with Gasteiger partial charge in [0.1, 0.15) is 11.2 Å². The lowest BCUT2D eigenvalue weighted by Crippen LogP contribution is -1.90. The minimum absolute atomic E-state index is 0.0367. The summed E-state index contributed by atoms with van der Waals surface area (Å²) in [5, 5.41) is 7.38. The average molecular weight is 475 g/mol. The van der Waals surface area contributed by atoms with Gasteiger partial charge in [-0.1, -0.05) is 109 Å². The van der Waals surface area contributed by atoms with Crippen molar-refractivity contribution in [3.8, 4) is 22.3 Å². The van der Waals surface area contributed by atoms with Crippen LogP contribution in [0.3, 0.4) is 0 Å². The van der Waals surface area contributed by atoms with E-state index in [-0.39, 0.29) is 24.2 Å². The SMILES string of the molecule is [2H]c1c([2H])c([2H])c2cc3c(cc2c1[2H])oc1cc(-c2c4ccccc4c(-c4ccccc4)c4ccccc24)ccc13. The van der Waals surface area contributed by atoms with Crippen LogP contribution in [-0.4, -0.2) is 0 Å². The fraction of sp³-hybridized carbons (Fsp3) is 0. The summed E-state index contributed by atoms with van der Waals surface area (Å²) in [4.78, 5) is 0. The van der Waals surface area contributed by atoms with Crippen LogP contribution in [0, 0.1) is 0 Å². The zero-order valence-corrected chi connectivity index (χ0v) is 19.8. The molecule has 0 saturated heterocycles. The predicted octanol–water partition coefficient (Wildman–Crippen LogP) is 10.4. The smallest absolute Gasteiger partial charge is 0.136 e. The molecule has 172 valence electrons. The number of benzene rings is 7. The van der Waals surface area contributed by atoms with Crippen molar-refractivity contribution in [3.63, 3.8) is 0 Å². The highest BCUT2D eigenvalue weighted by molar-refractivity contribution is 6.22. The molecule has 8 rings (SSSR count). The Morgan fingerprint density at radius 1 is 0.432 bits per heavy atom. The quantitative estimate of drug-likeness (QED) is 0.227. The average Bonchev–Trinajstić information content (AvgIpc) is 3.38. The Kier molecular flexibility index (Phi) is 3.53. The van der Waals surface area contributed by atoms with Gasteiger partial charge in [-0.05, 0) is 78.8 Å². The van der Waals surface area contributed by atoms with Crippen LogP contribution in [0.15, 0.2) is 138 Å². The van der Waals surface area contributed by atoms with E-state index in [9.17, 15) is 0 Å². The minimum Gasteiger partial charge on any atom is -0.456 e. The molecule has 0 aliphatic rings. The molecule has 0 radical (unpaired) electrons. The molecule has 0 atom stereocenters. The summed E-state index contributed by atoms with van der Waals surface area (Å²) >= 11 is 0. The van der Waals surface area contributed by atoms with Crippen LogP contribution in [0.25, 0.3) is 76.5 Å². The van der Waals surface area contributed by atoms with Gasteiger partial charge in [-0.2, -0.15) is 0 Å². The van der Waals surface area contributed by atoms with Gasteiger partial charge in [0.05, 0.1) is 5.48 Å². The minimum atomic E-state index is -0.238. The van der Waals surface area contributed by atoms with Crippen molar-refractivity contribution < 1.29 is 9.90 Å². The Morgan fingerprint density at radius 2 is 0.973 bits per heavy atom. The van der Waals surface area contributed by atoms with E-state index < -0.39 is 0 Å². The van der Waals surface area contributed by atoms with Crippen LogP contribution < -0.4 is 0 Å². The molecule has 0 aliphatic heterocycles. The van der Waals surface area contributed by atoms with Gasteiger partial charge in [-0.3, -0.25) is 0 Å². The fourth-order valence-electron chi connectivity index (χ4n) is 5.74. The molecule has 0 amide bonds. The maximum Gasteiger partial charge on any atom is 0.136 e. The molecule has 0 fully saturated rings. The lowest BCUT2D eigenvalue weighted by Gasteiger charge is -2.17. The molecule has 0 unspecified atom stereocenters. The molecule has 1 aromatic heterocycles. The summed E-state index contributed by atoms with van der Waals surface area (Å²) in [7, 11) is 0. The molecule has 8 aromatic rings. The van der Waals surface area contributed by atoms with E-state index in [1.54, 1.807) is 6.07 Å². The summed E-state index contributed by atoms with van der Waals surface area (Å²) in [5.74, 6) is 0. The third-order valence-corrected chi connectivity index (χ3v) is 7.35. The topological polar surface area (TPSA) is 13.1 Å². The van der Waals surface area contributed by atoms with E-state index in [2.05, 4.69) is 91.0 Å². The van der Waals surface area contributed by atoms with Gasteiger partial charge >= 0.3 is 0 Å². The Morgan fingerprint density at radius 3 is 1.62 bits per heavy atom. The first kappa shape index (κ1) is 16.7. The first-order valence-corrected chi connectivity index (χ1v) is 12.4. The number of hydrogen-bond acceptors (Lipinski definition) is 1. The lowest BCUT2D eigenvalue weighted by molar-refractivity contribution is 0.669. The van der Waals surface area contributed by atoms with Gasteiger partial charge in [0, 0.05) is 10.8 Å². The molecule has 1 heteroatoms. The van der Waals surface area contributed by atoms with Crippen molar-refractivity contribution in [2.45, 2.75) is 0 Å². The van der Waals surface area contributed by atoms with Gasteiger partial charge in [0.2, 0.25) is 0 Å². The molecule has 0 spiro atoms. The second-order valence-electron chi connectivity index (χ2n) is 9.41. The van der Waals surface area contributed by atoms with Gasteiger partial charge in [0.15, 0.2) is 0 Å². The summed E-state index contributed by atoms with van der Waals surface area (Å²) in [6.07, 6.45) is 0. The number of fused-ring (bicyclic) bond motifs is 6. The highest BCUT2D eigenvalue weighted by Crippen LogP contribution is 2.44. The van der Waals surface area contributed by atoms with Crippen molar-refractivity contribution in [3.05, 3.63) is 133 Å². The third-order valence-electron chi connectivity index (χ3n) is 7.35. The second-order valence-corrected chi connectivity index (χ2v) is 9.41. The summed E-state index contributed by atoms with van der Waals surface area (Å²) in [5.41, 5.74) is 5.89. The van der Waals surface area contributed by atoms with E-state index >= 15 is 0 Å². The number of hydrogen-bond donors (Lipinski definition) is 0. The van der Waals surface area contributed by atoms with Crippen molar-refractivity contribution in [2.24, 2.45) is 0 Å². The van der Waals surface area contributed by atoms with Crippen LogP contribution in [0.1, 0.15) is 5.48 Å².